The van der Waals surface area contributed by atoms with Gasteiger partial charge in [-0.1, -0.05) is 6.92 Å². The number of aromatic nitrogens is 3. The summed E-state index contributed by atoms with van der Waals surface area (Å²) in [7, 11) is 0. The van der Waals surface area contributed by atoms with Gasteiger partial charge in [0, 0.05) is 4.88 Å². The van der Waals surface area contributed by atoms with E-state index in [2.05, 4.69) is 25.9 Å². The van der Waals surface area contributed by atoms with E-state index in [9.17, 15) is 4.79 Å². The Morgan fingerprint density at radius 3 is 2.74 bits per heavy atom. The number of hydrogen-bond donors (Lipinski definition) is 3. The summed E-state index contributed by atoms with van der Waals surface area (Å²) in [6.45, 7) is 4.01. The molecular formula is C11H14N6OS. The molecule has 0 spiro atoms. The third kappa shape index (κ3) is 3.04. The van der Waals surface area contributed by atoms with Gasteiger partial charge in [0.2, 0.25) is 0 Å². The number of carbonyl (C=O) groups is 1. The summed E-state index contributed by atoms with van der Waals surface area (Å²) in [6, 6.07) is 3.12. The summed E-state index contributed by atoms with van der Waals surface area (Å²) >= 11 is 1.45. The Morgan fingerprint density at radius 1 is 1.42 bits per heavy atom. The number of aryl methyl sites for hydroxylation is 2. The Bertz CT molecular complexity index is 579. The van der Waals surface area contributed by atoms with Crippen LogP contribution in [-0.4, -0.2) is 21.1 Å². The van der Waals surface area contributed by atoms with E-state index < -0.39 is 0 Å². The van der Waals surface area contributed by atoms with Crippen LogP contribution in [0.25, 0.3) is 0 Å². The summed E-state index contributed by atoms with van der Waals surface area (Å²) in [4.78, 5) is 17.4. The number of thiazole rings is 1. The highest BCUT2D eigenvalue weighted by Crippen LogP contribution is 2.22. The van der Waals surface area contributed by atoms with E-state index in [4.69, 9.17) is 5.84 Å². The highest BCUT2D eigenvalue weighted by Gasteiger charge is 2.12. The Balaban J connectivity index is 2.11. The maximum absolute atomic E-state index is 11.9. The Kier molecular flexibility index (Phi) is 4.03. The second-order valence-corrected chi connectivity index (χ2v) is 4.98. The van der Waals surface area contributed by atoms with Gasteiger partial charge in [-0.3, -0.25) is 10.1 Å². The summed E-state index contributed by atoms with van der Waals surface area (Å²) < 4.78 is 0. The van der Waals surface area contributed by atoms with Crippen LogP contribution in [0.5, 0.6) is 0 Å². The molecule has 0 fully saturated rings. The zero-order valence-electron chi connectivity index (χ0n) is 10.6. The molecule has 2 heterocycles. The number of hydrazine groups is 1. The van der Waals surface area contributed by atoms with Crippen molar-refractivity contribution in [2.45, 2.75) is 20.3 Å². The van der Waals surface area contributed by atoms with E-state index in [0.717, 1.165) is 17.0 Å². The van der Waals surface area contributed by atoms with Crippen molar-refractivity contribution < 1.29 is 4.79 Å². The Hall–Kier alpha value is -2.06. The fraction of sp³-hybridized carbons (Fsp3) is 0.273. The standard InChI is InChI=1S/C11H14N6OS/c1-3-7-6(2)19-11(13-7)14-10(18)8-4-5-9(15-12)17-16-8/h4-5H,3,12H2,1-2H3,(H,15,17)(H,13,14,18). The van der Waals surface area contributed by atoms with Crippen molar-refractivity contribution in [1.82, 2.24) is 15.2 Å². The van der Waals surface area contributed by atoms with Crippen molar-refractivity contribution in [3.8, 4) is 0 Å². The molecule has 0 atom stereocenters. The van der Waals surface area contributed by atoms with E-state index in [1.54, 1.807) is 12.1 Å². The lowest BCUT2D eigenvalue weighted by Gasteiger charge is -2.01. The molecular weight excluding hydrogens is 264 g/mol. The van der Waals surface area contributed by atoms with Gasteiger partial charge in [0.15, 0.2) is 16.6 Å². The van der Waals surface area contributed by atoms with E-state index >= 15 is 0 Å². The van der Waals surface area contributed by atoms with Crippen LogP contribution in [0, 0.1) is 6.92 Å². The first-order valence-corrected chi connectivity index (χ1v) is 6.53. The first-order valence-electron chi connectivity index (χ1n) is 5.72. The third-order valence-corrected chi connectivity index (χ3v) is 3.42. The monoisotopic (exact) mass is 278 g/mol. The van der Waals surface area contributed by atoms with Gasteiger partial charge in [-0.2, -0.15) is 0 Å². The van der Waals surface area contributed by atoms with E-state index in [1.807, 2.05) is 13.8 Å². The van der Waals surface area contributed by atoms with Crippen molar-refractivity contribution >= 4 is 28.2 Å². The molecule has 0 aliphatic carbocycles. The number of nitrogens with two attached hydrogens (primary N) is 1. The van der Waals surface area contributed by atoms with Crippen molar-refractivity contribution in [3.63, 3.8) is 0 Å². The predicted molar refractivity (Wildman–Crippen MR) is 74.0 cm³/mol. The molecule has 0 bridgehead atoms. The Morgan fingerprint density at radius 2 is 2.21 bits per heavy atom. The summed E-state index contributed by atoms with van der Waals surface area (Å²) in [5.41, 5.74) is 3.55. The topological polar surface area (TPSA) is 106 Å². The lowest BCUT2D eigenvalue weighted by molar-refractivity contribution is 0.102. The van der Waals surface area contributed by atoms with Crippen molar-refractivity contribution in [1.29, 1.82) is 0 Å². The maximum Gasteiger partial charge on any atom is 0.277 e. The summed E-state index contributed by atoms with van der Waals surface area (Å²) in [5.74, 6) is 5.23. The van der Waals surface area contributed by atoms with Gasteiger partial charge in [0.25, 0.3) is 5.91 Å². The minimum Gasteiger partial charge on any atom is -0.307 e. The molecule has 1 amide bonds. The van der Waals surface area contributed by atoms with Crippen LogP contribution in [0.4, 0.5) is 10.9 Å². The molecule has 0 unspecified atom stereocenters. The second-order valence-electron chi connectivity index (χ2n) is 3.78. The van der Waals surface area contributed by atoms with Crippen LogP contribution in [-0.2, 0) is 6.42 Å². The van der Waals surface area contributed by atoms with Crippen molar-refractivity contribution in [2.24, 2.45) is 5.84 Å². The molecule has 0 radical (unpaired) electrons. The van der Waals surface area contributed by atoms with Gasteiger partial charge >= 0.3 is 0 Å². The highest BCUT2D eigenvalue weighted by molar-refractivity contribution is 7.15. The lowest BCUT2D eigenvalue weighted by Crippen LogP contribution is -2.16. The molecule has 2 aromatic heterocycles. The zero-order chi connectivity index (χ0) is 13.8. The molecule has 0 aliphatic heterocycles. The average Bonchev–Trinajstić information content (AvgIpc) is 2.78. The fourth-order valence-electron chi connectivity index (χ4n) is 1.50. The molecule has 0 aromatic carbocycles. The van der Waals surface area contributed by atoms with Gasteiger partial charge in [0.1, 0.15) is 0 Å². The van der Waals surface area contributed by atoms with E-state index in [-0.39, 0.29) is 11.6 Å². The molecule has 0 saturated carbocycles. The SMILES string of the molecule is CCc1nc(NC(=O)c2ccc(NN)nn2)sc1C. The quantitative estimate of drug-likeness (QED) is 0.575. The predicted octanol–water partition coefficient (Wildman–Crippen LogP) is 1.34. The van der Waals surface area contributed by atoms with E-state index in [0.29, 0.717) is 10.9 Å². The van der Waals surface area contributed by atoms with E-state index in [1.165, 1.54) is 11.3 Å². The van der Waals surface area contributed by atoms with Crippen molar-refractivity contribution in [3.05, 3.63) is 28.4 Å². The molecule has 7 nitrogen and oxygen atoms in total. The number of hydrogen-bond acceptors (Lipinski definition) is 7. The van der Waals surface area contributed by atoms with Crippen LogP contribution < -0.4 is 16.6 Å². The van der Waals surface area contributed by atoms with Crippen LogP contribution >= 0.6 is 11.3 Å². The normalized spacial score (nSPS) is 10.3. The molecule has 19 heavy (non-hydrogen) atoms. The largest absolute Gasteiger partial charge is 0.307 e. The lowest BCUT2D eigenvalue weighted by atomic mass is 10.3. The third-order valence-electron chi connectivity index (χ3n) is 2.49. The van der Waals surface area contributed by atoms with Crippen molar-refractivity contribution in [2.75, 3.05) is 10.7 Å². The molecule has 2 rings (SSSR count). The number of anilines is 2. The number of amides is 1. The molecule has 0 saturated heterocycles. The highest BCUT2D eigenvalue weighted by atomic mass is 32.1. The number of rotatable bonds is 4. The first kappa shape index (κ1) is 13.4. The van der Waals surface area contributed by atoms with Gasteiger partial charge in [-0.25, -0.2) is 10.8 Å². The van der Waals surface area contributed by atoms with Gasteiger partial charge < -0.3 is 5.43 Å². The van der Waals surface area contributed by atoms with Gasteiger partial charge in [-0.15, -0.1) is 21.5 Å². The van der Waals surface area contributed by atoms with Crippen LogP contribution in [0.2, 0.25) is 0 Å². The molecule has 4 N–H and O–H groups in total. The Labute approximate surface area is 114 Å². The average molecular weight is 278 g/mol. The molecule has 2 aromatic rings. The smallest absolute Gasteiger partial charge is 0.277 e. The summed E-state index contributed by atoms with van der Waals surface area (Å²) in [5, 5.41) is 10.8. The molecule has 8 heteroatoms. The molecule has 100 valence electrons. The van der Waals surface area contributed by atoms with Gasteiger partial charge in [-0.05, 0) is 25.5 Å². The maximum atomic E-state index is 11.9. The number of nitrogens with one attached hydrogen (secondary N) is 2. The number of nitrogen functional groups attached to an aromatic ring is 1. The number of carbonyl (C=O) groups excluding carboxylic acids is 1. The second kappa shape index (κ2) is 5.72. The van der Waals surface area contributed by atoms with Crippen LogP contribution in [0.1, 0.15) is 28.0 Å². The first-order chi connectivity index (χ1) is 9.13. The van der Waals surface area contributed by atoms with Gasteiger partial charge in [0.05, 0.1) is 5.69 Å². The fourth-order valence-corrected chi connectivity index (χ4v) is 2.40. The number of nitrogens with zero attached hydrogens (tertiary/aromatic N) is 3. The van der Waals surface area contributed by atoms with Crippen LogP contribution in [0.3, 0.4) is 0 Å². The minimum atomic E-state index is -0.340. The minimum absolute atomic E-state index is 0.213. The summed E-state index contributed by atoms with van der Waals surface area (Å²) in [6.07, 6.45) is 0.842. The molecule has 0 aliphatic rings. The van der Waals surface area contributed by atoms with Crippen LogP contribution in [0.15, 0.2) is 12.1 Å². The zero-order valence-corrected chi connectivity index (χ0v) is 11.4.